The number of rotatable bonds is 1. The van der Waals surface area contributed by atoms with E-state index in [0.29, 0.717) is 6.42 Å². The van der Waals surface area contributed by atoms with E-state index in [0.717, 1.165) is 6.42 Å². The molecule has 2 rings (SSSR count). The summed E-state index contributed by atoms with van der Waals surface area (Å²) in [7, 11) is 1.88. The second kappa shape index (κ2) is 3.31. The van der Waals surface area contributed by atoms with Crippen molar-refractivity contribution in [1.29, 1.82) is 0 Å². The molecule has 0 aromatic carbocycles. The zero-order valence-corrected chi connectivity index (χ0v) is 7.60. The van der Waals surface area contributed by atoms with E-state index in [2.05, 4.69) is 0 Å². The number of carbonyl (C=O) groups is 1. The highest BCUT2D eigenvalue weighted by Gasteiger charge is 2.46. The first kappa shape index (κ1) is 9.03. The van der Waals surface area contributed by atoms with E-state index in [1.807, 2.05) is 7.85 Å². The largest absolute Gasteiger partial charge is 0.460 e. The van der Waals surface area contributed by atoms with Crippen molar-refractivity contribution in [1.82, 2.24) is 0 Å². The van der Waals surface area contributed by atoms with Crippen LogP contribution in [-0.2, 0) is 14.3 Å². The standard InChI is InChI=1S/C8H13BO4/c9-8-7-4(5(3-10)12-8)1-2-6(11)13-7/h4-5,7-8,10H,1-3,9H2/t4?,5-,7+,8-/m1/s1. The third-order valence-corrected chi connectivity index (χ3v) is 2.88. The first-order valence-corrected chi connectivity index (χ1v) is 4.68. The Kier molecular flexibility index (Phi) is 2.30. The molecule has 2 aliphatic rings. The molecule has 2 saturated heterocycles. The van der Waals surface area contributed by atoms with Gasteiger partial charge in [0.15, 0.2) is 0 Å². The molecule has 0 bridgehead atoms. The number of ether oxygens (including phenoxy) is 2. The molecule has 0 aromatic heterocycles. The molecule has 1 N–H and O–H groups in total. The van der Waals surface area contributed by atoms with Gasteiger partial charge in [0.25, 0.3) is 0 Å². The van der Waals surface area contributed by atoms with Crippen LogP contribution in [0.5, 0.6) is 0 Å². The van der Waals surface area contributed by atoms with Crippen molar-refractivity contribution < 1.29 is 19.4 Å². The van der Waals surface area contributed by atoms with Crippen LogP contribution in [-0.4, -0.2) is 43.7 Å². The first-order chi connectivity index (χ1) is 6.22. The molecule has 0 radical (unpaired) electrons. The summed E-state index contributed by atoms with van der Waals surface area (Å²) < 4.78 is 10.7. The van der Waals surface area contributed by atoms with Gasteiger partial charge in [-0.15, -0.1) is 0 Å². The predicted octanol–water partition coefficient (Wildman–Crippen LogP) is -1.34. The smallest absolute Gasteiger partial charge is 0.306 e. The summed E-state index contributed by atoms with van der Waals surface area (Å²) in [5, 5.41) is 9.02. The van der Waals surface area contributed by atoms with Crippen LogP contribution >= 0.6 is 0 Å². The molecule has 0 aromatic rings. The molecule has 1 unspecified atom stereocenters. The van der Waals surface area contributed by atoms with Gasteiger partial charge in [0.2, 0.25) is 0 Å². The maximum absolute atomic E-state index is 11.0. The summed E-state index contributed by atoms with van der Waals surface area (Å²) in [5.74, 6) is 0.0491. The van der Waals surface area contributed by atoms with Crippen LogP contribution in [0.25, 0.3) is 0 Å². The lowest BCUT2D eigenvalue weighted by Gasteiger charge is -2.27. The highest BCUT2D eigenvalue weighted by Crippen LogP contribution is 2.34. The van der Waals surface area contributed by atoms with E-state index < -0.39 is 0 Å². The van der Waals surface area contributed by atoms with Crippen LogP contribution in [0.3, 0.4) is 0 Å². The molecule has 4 nitrogen and oxygen atoms in total. The van der Waals surface area contributed by atoms with Crippen molar-refractivity contribution in [3.05, 3.63) is 0 Å². The Morgan fingerprint density at radius 1 is 1.62 bits per heavy atom. The van der Waals surface area contributed by atoms with Gasteiger partial charge in [-0.25, -0.2) is 0 Å². The Morgan fingerprint density at radius 3 is 3.08 bits per heavy atom. The number of esters is 1. The van der Waals surface area contributed by atoms with Gasteiger partial charge in [0.05, 0.1) is 18.7 Å². The summed E-state index contributed by atoms with van der Waals surface area (Å²) in [6.07, 6.45) is 0.943. The average molecular weight is 184 g/mol. The molecule has 0 spiro atoms. The van der Waals surface area contributed by atoms with Crippen LogP contribution in [0.15, 0.2) is 0 Å². The summed E-state index contributed by atoms with van der Waals surface area (Å²) >= 11 is 0. The fourth-order valence-corrected chi connectivity index (χ4v) is 2.22. The Bertz CT molecular complexity index is 220. The fourth-order valence-electron chi connectivity index (χ4n) is 2.22. The van der Waals surface area contributed by atoms with Gasteiger partial charge in [0.1, 0.15) is 14.0 Å². The summed E-state index contributed by atoms with van der Waals surface area (Å²) in [6.45, 7) is 0.0169. The third kappa shape index (κ3) is 1.46. The Labute approximate surface area is 77.6 Å². The molecule has 72 valence electrons. The molecule has 0 saturated carbocycles. The third-order valence-electron chi connectivity index (χ3n) is 2.88. The van der Waals surface area contributed by atoms with Crippen LogP contribution < -0.4 is 0 Å². The maximum atomic E-state index is 11.0. The van der Waals surface area contributed by atoms with Crippen molar-refractivity contribution >= 4 is 13.8 Å². The molecule has 4 atom stereocenters. The summed E-state index contributed by atoms with van der Waals surface area (Å²) in [5.41, 5.74) is 0. The zero-order chi connectivity index (χ0) is 9.42. The number of hydrogen-bond acceptors (Lipinski definition) is 4. The van der Waals surface area contributed by atoms with E-state index >= 15 is 0 Å². The molecule has 2 aliphatic heterocycles. The minimum atomic E-state index is -0.145. The molecule has 0 amide bonds. The second-order valence-electron chi connectivity index (χ2n) is 3.72. The van der Waals surface area contributed by atoms with Crippen molar-refractivity contribution in [3.63, 3.8) is 0 Å². The molecule has 2 heterocycles. The van der Waals surface area contributed by atoms with Crippen LogP contribution in [0.1, 0.15) is 12.8 Å². The van der Waals surface area contributed by atoms with E-state index in [-0.39, 0.29) is 36.7 Å². The summed E-state index contributed by atoms with van der Waals surface area (Å²) in [4.78, 5) is 11.0. The van der Waals surface area contributed by atoms with Crippen LogP contribution in [0.4, 0.5) is 0 Å². The van der Waals surface area contributed by atoms with Gasteiger partial charge in [-0.2, -0.15) is 0 Å². The fraction of sp³-hybridized carbons (Fsp3) is 0.875. The Morgan fingerprint density at radius 2 is 2.38 bits per heavy atom. The molecule has 5 heteroatoms. The number of carbonyl (C=O) groups excluding carboxylic acids is 1. The SMILES string of the molecule is B[C@@H]1O[C@H](CO)C2CCC(=O)O[C@@H]21. The predicted molar refractivity (Wildman–Crippen MR) is 46.9 cm³/mol. The maximum Gasteiger partial charge on any atom is 0.306 e. The van der Waals surface area contributed by atoms with Gasteiger partial charge >= 0.3 is 5.97 Å². The number of fused-ring (bicyclic) bond motifs is 1. The van der Waals surface area contributed by atoms with Crippen LogP contribution in [0, 0.1) is 5.92 Å². The van der Waals surface area contributed by atoms with Gasteiger partial charge in [0, 0.05) is 12.3 Å². The monoisotopic (exact) mass is 184 g/mol. The minimum Gasteiger partial charge on any atom is -0.460 e. The Hall–Kier alpha value is -0.545. The number of hydrogen-bond donors (Lipinski definition) is 1. The van der Waals surface area contributed by atoms with E-state index in [4.69, 9.17) is 14.6 Å². The second-order valence-corrected chi connectivity index (χ2v) is 3.72. The van der Waals surface area contributed by atoms with E-state index in [1.54, 1.807) is 0 Å². The highest BCUT2D eigenvalue weighted by atomic mass is 16.6. The lowest BCUT2D eigenvalue weighted by molar-refractivity contribution is -0.156. The van der Waals surface area contributed by atoms with Gasteiger partial charge in [-0.3, -0.25) is 4.79 Å². The van der Waals surface area contributed by atoms with Crippen LogP contribution in [0.2, 0.25) is 0 Å². The lowest BCUT2D eigenvalue weighted by Crippen LogP contribution is -2.38. The topological polar surface area (TPSA) is 55.8 Å². The Balaban J connectivity index is 2.09. The number of aliphatic hydroxyl groups is 1. The van der Waals surface area contributed by atoms with Gasteiger partial charge in [-0.05, 0) is 6.42 Å². The van der Waals surface area contributed by atoms with Crippen molar-refractivity contribution in [2.24, 2.45) is 5.92 Å². The molecule has 2 fully saturated rings. The molecule has 13 heavy (non-hydrogen) atoms. The van der Waals surface area contributed by atoms with E-state index in [1.165, 1.54) is 0 Å². The normalized spacial score (nSPS) is 44.2. The minimum absolute atomic E-state index is 0.0169. The molecule has 0 aliphatic carbocycles. The lowest BCUT2D eigenvalue weighted by atomic mass is 9.83. The quantitative estimate of drug-likeness (QED) is 0.404. The summed E-state index contributed by atoms with van der Waals surface area (Å²) in [6, 6.07) is -0.0774. The molecular weight excluding hydrogens is 171 g/mol. The molecular formula is C8H13BO4. The van der Waals surface area contributed by atoms with Gasteiger partial charge < -0.3 is 14.6 Å². The number of aliphatic hydroxyl groups excluding tert-OH is 1. The average Bonchev–Trinajstić information content (AvgIpc) is 2.43. The first-order valence-electron chi connectivity index (χ1n) is 4.68. The van der Waals surface area contributed by atoms with Crippen molar-refractivity contribution in [2.45, 2.75) is 31.1 Å². The highest BCUT2D eigenvalue weighted by molar-refractivity contribution is 6.11. The van der Waals surface area contributed by atoms with Crippen molar-refractivity contribution in [2.75, 3.05) is 6.61 Å². The zero-order valence-electron chi connectivity index (χ0n) is 7.60. The van der Waals surface area contributed by atoms with Gasteiger partial charge in [-0.1, -0.05) is 0 Å². The van der Waals surface area contributed by atoms with E-state index in [9.17, 15) is 4.79 Å². The van der Waals surface area contributed by atoms with Crippen molar-refractivity contribution in [3.8, 4) is 0 Å².